The van der Waals surface area contributed by atoms with E-state index < -0.39 is 11.5 Å². The highest BCUT2D eigenvalue weighted by molar-refractivity contribution is 7.99. The van der Waals surface area contributed by atoms with E-state index in [-0.39, 0.29) is 0 Å². The van der Waals surface area contributed by atoms with Gasteiger partial charge in [0.1, 0.15) is 0 Å². The van der Waals surface area contributed by atoms with Gasteiger partial charge in [-0.3, -0.25) is 0 Å². The number of nitriles is 1. The van der Waals surface area contributed by atoms with Crippen LogP contribution in [0, 0.1) is 16.7 Å². The molecule has 0 aromatic carbocycles. The van der Waals surface area contributed by atoms with Gasteiger partial charge in [0.15, 0.2) is 0 Å². The standard InChI is InChI=1S/C6H9NOS/c1-6(3-7)4-9-2-5(6)8/h5,8H,2,4H2,1H3/t5-,6+/m1/s1. The van der Waals surface area contributed by atoms with Gasteiger partial charge in [0.25, 0.3) is 0 Å². The van der Waals surface area contributed by atoms with E-state index in [1.54, 1.807) is 18.7 Å². The Morgan fingerprint density at radius 2 is 2.56 bits per heavy atom. The third-order valence-electron chi connectivity index (χ3n) is 1.67. The van der Waals surface area contributed by atoms with E-state index in [0.717, 1.165) is 5.75 Å². The fourth-order valence-corrected chi connectivity index (χ4v) is 2.16. The van der Waals surface area contributed by atoms with Gasteiger partial charge in [-0.1, -0.05) is 0 Å². The summed E-state index contributed by atoms with van der Waals surface area (Å²) in [5.74, 6) is 1.48. The third kappa shape index (κ3) is 1.05. The normalized spacial score (nSPS) is 42.6. The van der Waals surface area contributed by atoms with Gasteiger partial charge in [-0.2, -0.15) is 17.0 Å². The average molecular weight is 143 g/mol. The zero-order valence-corrected chi connectivity index (χ0v) is 6.11. The summed E-state index contributed by atoms with van der Waals surface area (Å²) in [6.07, 6.45) is -0.424. The van der Waals surface area contributed by atoms with Crippen molar-refractivity contribution in [3.63, 3.8) is 0 Å². The molecule has 9 heavy (non-hydrogen) atoms. The van der Waals surface area contributed by atoms with Gasteiger partial charge in [0.2, 0.25) is 0 Å². The van der Waals surface area contributed by atoms with E-state index in [0.29, 0.717) is 5.75 Å². The Labute approximate surface area is 58.9 Å². The van der Waals surface area contributed by atoms with Crippen LogP contribution in [0.2, 0.25) is 0 Å². The minimum absolute atomic E-state index is 0.424. The van der Waals surface area contributed by atoms with Crippen LogP contribution in [0.1, 0.15) is 6.92 Å². The van der Waals surface area contributed by atoms with Gasteiger partial charge >= 0.3 is 0 Å². The first-order chi connectivity index (χ1) is 4.19. The first kappa shape index (κ1) is 6.91. The molecule has 3 heteroatoms. The van der Waals surface area contributed by atoms with Crippen LogP contribution in [0.3, 0.4) is 0 Å². The second-order valence-corrected chi connectivity index (χ2v) is 3.59. The fourth-order valence-electron chi connectivity index (χ4n) is 0.769. The van der Waals surface area contributed by atoms with Crippen molar-refractivity contribution in [3.05, 3.63) is 0 Å². The molecule has 0 radical (unpaired) electrons. The van der Waals surface area contributed by atoms with Crippen LogP contribution >= 0.6 is 11.8 Å². The topological polar surface area (TPSA) is 44.0 Å². The van der Waals surface area contributed by atoms with Crippen LogP contribution in [0.25, 0.3) is 0 Å². The number of hydrogen-bond donors (Lipinski definition) is 1. The maximum Gasteiger partial charge on any atom is 0.0902 e. The van der Waals surface area contributed by atoms with E-state index >= 15 is 0 Å². The van der Waals surface area contributed by atoms with E-state index in [4.69, 9.17) is 5.26 Å². The van der Waals surface area contributed by atoms with Crippen LogP contribution in [0.5, 0.6) is 0 Å². The monoisotopic (exact) mass is 143 g/mol. The Bertz CT molecular complexity index is 154. The first-order valence-corrected chi connectivity index (χ1v) is 4.01. The maximum atomic E-state index is 9.20. The number of nitrogens with zero attached hydrogens (tertiary/aromatic N) is 1. The van der Waals surface area contributed by atoms with Crippen LogP contribution < -0.4 is 0 Å². The number of thioether (sulfide) groups is 1. The van der Waals surface area contributed by atoms with Gasteiger partial charge in [0.05, 0.1) is 17.6 Å². The average Bonchev–Trinajstić information content (AvgIpc) is 2.15. The molecule has 0 bridgehead atoms. The first-order valence-electron chi connectivity index (χ1n) is 2.86. The molecular formula is C6H9NOS. The second-order valence-electron chi connectivity index (χ2n) is 2.56. The van der Waals surface area contributed by atoms with Gasteiger partial charge < -0.3 is 5.11 Å². The zero-order chi connectivity index (χ0) is 6.91. The lowest BCUT2D eigenvalue weighted by Crippen LogP contribution is -2.28. The van der Waals surface area contributed by atoms with Crippen molar-refractivity contribution in [2.45, 2.75) is 13.0 Å². The molecule has 50 valence electrons. The molecule has 0 saturated carbocycles. The smallest absolute Gasteiger partial charge is 0.0902 e. The van der Waals surface area contributed by atoms with Crippen LogP contribution in [-0.2, 0) is 0 Å². The predicted octanol–water partition coefficient (Wildman–Crippen LogP) is 0.624. The summed E-state index contributed by atoms with van der Waals surface area (Å²) in [7, 11) is 0. The van der Waals surface area contributed by atoms with Crippen molar-refractivity contribution in [3.8, 4) is 6.07 Å². The van der Waals surface area contributed by atoms with Crippen LogP contribution in [0.15, 0.2) is 0 Å². The summed E-state index contributed by atoms with van der Waals surface area (Å²) in [4.78, 5) is 0. The SMILES string of the molecule is C[C@]1(C#N)CSC[C@H]1O. The van der Waals surface area contributed by atoms with Gasteiger partial charge in [-0.25, -0.2) is 0 Å². The molecule has 1 aliphatic rings. The minimum Gasteiger partial charge on any atom is -0.391 e. The van der Waals surface area contributed by atoms with E-state index in [9.17, 15) is 5.11 Å². The second kappa shape index (κ2) is 2.20. The maximum absolute atomic E-state index is 9.20. The molecule has 1 heterocycles. The van der Waals surface area contributed by atoms with Crippen LogP contribution in [0.4, 0.5) is 0 Å². The molecule has 2 atom stereocenters. The highest BCUT2D eigenvalue weighted by Crippen LogP contribution is 2.34. The largest absolute Gasteiger partial charge is 0.391 e. The van der Waals surface area contributed by atoms with E-state index in [2.05, 4.69) is 6.07 Å². The number of aliphatic hydroxyl groups is 1. The number of hydrogen-bond acceptors (Lipinski definition) is 3. The summed E-state index contributed by atoms with van der Waals surface area (Å²) in [6.45, 7) is 1.80. The fraction of sp³-hybridized carbons (Fsp3) is 0.833. The summed E-state index contributed by atoms with van der Waals surface area (Å²) in [6, 6.07) is 2.12. The molecule has 2 nitrogen and oxygen atoms in total. The molecule has 0 unspecified atom stereocenters. The number of rotatable bonds is 0. The third-order valence-corrected chi connectivity index (χ3v) is 3.02. The van der Waals surface area contributed by atoms with Gasteiger partial charge in [0, 0.05) is 11.5 Å². The highest BCUT2D eigenvalue weighted by Gasteiger charge is 2.38. The Balaban J connectivity index is 2.70. The molecule has 0 amide bonds. The summed E-state index contributed by atoms with van der Waals surface area (Å²) in [5.41, 5.74) is -0.481. The minimum atomic E-state index is -0.481. The molecule has 1 fully saturated rings. The summed E-state index contributed by atoms with van der Waals surface area (Å²) < 4.78 is 0. The molecule has 0 aliphatic carbocycles. The molecule has 1 saturated heterocycles. The predicted molar refractivity (Wildman–Crippen MR) is 37.1 cm³/mol. The molecule has 1 N–H and O–H groups in total. The molecule has 1 rings (SSSR count). The Morgan fingerprint density at radius 3 is 2.78 bits per heavy atom. The van der Waals surface area contributed by atoms with E-state index in [1.165, 1.54) is 0 Å². The molecule has 0 aromatic heterocycles. The molecule has 0 spiro atoms. The van der Waals surface area contributed by atoms with Crippen molar-refractivity contribution in [1.29, 1.82) is 5.26 Å². The van der Waals surface area contributed by atoms with E-state index in [1.807, 2.05) is 0 Å². The van der Waals surface area contributed by atoms with Crippen molar-refractivity contribution in [2.24, 2.45) is 5.41 Å². The van der Waals surface area contributed by atoms with Crippen molar-refractivity contribution >= 4 is 11.8 Å². The lowest BCUT2D eigenvalue weighted by Gasteiger charge is -2.16. The number of aliphatic hydroxyl groups excluding tert-OH is 1. The van der Waals surface area contributed by atoms with Crippen molar-refractivity contribution < 1.29 is 5.11 Å². The molecular weight excluding hydrogens is 134 g/mol. The Hall–Kier alpha value is -0.200. The van der Waals surface area contributed by atoms with Crippen molar-refractivity contribution in [2.75, 3.05) is 11.5 Å². The lowest BCUT2D eigenvalue weighted by atomic mass is 9.90. The Kier molecular flexibility index (Phi) is 1.69. The highest BCUT2D eigenvalue weighted by atomic mass is 32.2. The molecule has 1 aliphatic heterocycles. The van der Waals surface area contributed by atoms with Gasteiger partial charge in [-0.15, -0.1) is 0 Å². The Morgan fingerprint density at radius 1 is 1.89 bits per heavy atom. The van der Waals surface area contributed by atoms with Crippen LogP contribution in [-0.4, -0.2) is 22.7 Å². The molecule has 0 aromatic rings. The summed E-state index contributed by atoms with van der Waals surface area (Å²) in [5, 5.41) is 17.8. The van der Waals surface area contributed by atoms with Crippen molar-refractivity contribution in [1.82, 2.24) is 0 Å². The zero-order valence-electron chi connectivity index (χ0n) is 5.29. The summed E-state index contributed by atoms with van der Waals surface area (Å²) >= 11 is 1.64. The quantitative estimate of drug-likeness (QED) is 0.540. The van der Waals surface area contributed by atoms with Gasteiger partial charge in [-0.05, 0) is 6.92 Å². The lowest BCUT2D eigenvalue weighted by molar-refractivity contribution is 0.120.